The summed E-state index contributed by atoms with van der Waals surface area (Å²) < 4.78 is 0.878. The molecule has 3 rings (SSSR count). The number of imide groups is 1. The average molecular weight is 431 g/mol. The molecular weight excluding hydrogens is 411 g/mol. The molecule has 0 atom stereocenters. The number of carbonyl (C=O) groups excluding carboxylic acids is 3. The summed E-state index contributed by atoms with van der Waals surface area (Å²) in [5, 5.41) is 1.14. The minimum absolute atomic E-state index is 0. The Morgan fingerprint density at radius 3 is 2.52 bits per heavy atom. The van der Waals surface area contributed by atoms with Crippen molar-refractivity contribution in [2.24, 2.45) is 0 Å². The van der Waals surface area contributed by atoms with Crippen LogP contribution >= 0.6 is 35.3 Å². The van der Waals surface area contributed by atoms with E-state index in [4.69, 9.17) is 11.6 Å². The van der Waals surface area contributed by atoms with Crippen molar-refractivity contribution in [2.45, 2.75) is 12.8 Å². The number of rotatable bonds is 6. The van der Waals surface area contributed by atoms with Gasteiger partial charge in [0.2, 0.25) is 17.7 Å². The lowest BCUT2D eigenvalue weighted by atomic mass is 10.3. The van der Waals surface area contributed by atoms with Crippen molar-refractivity contribution in [1.82, 2.24) is 14.8 Å². The van der Waals surface area contributed by atoms with Gasteiger partial charge in [-0.15, -0.1) is 12.4 Å². The standard InChI is InChI=1S/C17H19ClN4O3S.ClH/c1-20(2)7-8-21(16(25)10-22-14(23)5-6-15(22)24)17-19-12-4-3-11(18)9-13(12)26-17;/h3-4,9H,5-8,10H2,1-2H3;1H. The van der Waals surface area contributed by atoms with E-state index in [2.05, 4.69) is 4.98 Å². The molecule has 0 bridgehead atoms. The van der Waals surface area contributed by atoms with Crippen LogP contribution in [0.1, 0.15) is 12.8 Å². The Hall–Kier alpha value is -1.74. The zero-order valence-corrected chi connectivity index (χ0v) is 17.4. The van der Waals surface area contributed by atoms with E-state index in [0.29, 0.717) is 23.2 Å². The Labute approximate surface area is 172 Å². The number of nitrogens with zero attached hydrogens (tertiary/aromatic N) is 4. The molecular formula is C17H20Cl2N4O3S. The first-order valence-corrected chi connectivity index (χ1v) is 9.39. The summed E-state index contributed by atoms with van der Waals surface area (Å²) in [6.07, 6.45) is 0.340. The van der Waals surface area contributed by atoms with Crippen LogP contribution in [0.25, 0.3) is 10.2 Å². The van der Waals surface area contributed by atoms with Gasteiger partial charge in [-0.25, -0.2) is 4.98 Å². The highest BCUT2D eigenvalue weighted by Crippen LogP contribution is 2.31. The maximum Gasteiger partial charge on any atom is 0.248 e. The number of benzene rings is 1. The van der Waals surface area contributed by atoms with E-state index in [1.165, 1.54) is 16.2 Å². The van der Waals surface area contributed by atoms with Crippen LogP contribution in [0, 0.1) is 0 Å². The summed E-state index contributed by atoms with van der Waals surface area (Å²) in [6.45, 7) is 0.793. The molecule has 0 unspecified atom stereocenters. The van der Waals surface area contributed by atoms with Crippen molar-refractivity contribution in [3.63, 3.8) is 0 Å². The molecule has 1 fully saturated rings. The van der Waals surface area contributed by atoms with E-state index < -0.39 is 0 Å². The van der Waals surface area contributed by atoms with Gasteiger partial charge in [0.15, 0.2) is 5.13 Å². The lowest BCUT2D eigenvalue weighted by Crippen LogP contribution is -2.44. The molecule has 0 saturated carbocycles. The normalized spacial score (nSPS) is 14.1. The summed E-state index contributed by atoms with van der Waals surface area (Å²) in [5.74, 6) is -0.917. The summed E-state index contributed by atoms with van der Waals surface area (Å²) >= 11 is 7.39. The molecule has 27 heavy (non-hydrogen) atoms. The van der Waals surface area contributed by atoms with E-state index in [9.17, 15) is 14.4 Å². The number of hydrogen-bond donors (Lipinski definition) is 0. The molecule has 1 aromatic heterocycles. The molecule has 1 aliphatic rings. The van der Waals surface area contributed by atoms with Gasteiger partial charge < -0.3 is 4.90 Å². The van der Waals surface area contributed by atoms with Crippen molar-refractivity contribution in [2.75, 3.05) is 38.6 Å². The van der Waals surface area contributed by atoms with Crippen LogP contribution in [0.5, 0.6) is 0 Å². The fourth-order valence-corrected chi connectivity index (χ4v) is 3.93. The van der Waals surface area contributed by atoms with Gasteiger partial charge in [0.25, 0.3) is 0 Å². The smallest absolute Gasteiger partial charge is 0.248 e. The molecule has 146 valence electrons. The molecule has 2 aromatic rings. The first-order chi connectivity index (χ1) is 12.3. The number of likely N-dealkylation sites (tertiary alicyclic amines) is 1. The maximum absolute atomic E-state index is 12.8. The topological polar surface area (TPSA) is 73.8 Å². The lowest BCUT2D eigenvalue weighted by molar-refractivity contribution is -0.141. The van der Waals surface area contributed by atoms with Gasteiger partial charge in [-0.1, -0.05) is 22.9 Å². The molecule has 0 spiro atoms. The van der Waals surface area contributed by atoms with Gasteiger partial charge in [0.1, 0.15) is 6.54 Å². The highest BCUT2D eigenvalue weighted by atomic mass is 35.5. The van der Waals surface area contributed by atoms with Crippen LogP contribution in [0.15, 0.2) is 18.2 Å². The third-order valence-corrected chi connectivity index (χ3v) is 5.37. The number of fused-ring (bicyclic) bond motifs is 1. The number of aromatic nitrogens is 1. The fourth-order valence-electron chi connectivity index (χ4n) is 2.65. The third-order valence-electron chi connectivity index (χ3n) is 4.09. The lowest BCUT2D eigenvalue weighted by Gasteiger charge is -2.24. The van der Waals surface area contributed by atoms with Gasteiger partial charge in [-0.2, -0.15) is 0 Å². The van der Waals surface area contributed by atoms with E-state index in [-0.39, 0.29) is 49.5 Å². The number of carbonyl (C=O) groups is 3. The van der Waals surface area contributed by atoms with Crippen molar-refractivity contribution >= 4 is 68.4 Å². The van der Waals surface area contributed by atoms with E-state index in [0.717, 1.165) is 15.1 Å². The second kappa shape index (κ2) is 8.97. The van der Waals surface area contributed by atoms with Crippen molar-refractivity contribution in [1.29, 1.82) is 0 Å². The SMILES string of the molecule is CN(C)CCN(C(=O)CN1C(=O)CCC1=O)c1nc2ccc(Cl)cc2s1.Cl. The number of halogens is 2. The first-order valence-electron chi connectivity index (χ1n) is 8.19. The summed E-state index contributed by atoms with van der Waals surface area (Å²) in [6, 6.07) is 5.36. The largest absolute Gasteiger partial charge is 0.308 e. The Balaban J connectivity index is 0.00000261. The van der Waals surface area contributed by atoms with E-state index in [1.807, 2.05) is 19.0 Å². The van der Waals surface area contributed by atoms with Crippen molar-refractivity contribution in [3.8, 4) is 0 Å². The van der Waals surface area contributed by atoms with Crippen molar-refractivity contribution in [3.05, 3.63) is 23.2 Å². The molecule has 1 saturated heterocycles. The van der Waals surface area contributed by atoms with Crippen LogP contribution in [0.2, 0.25) is 5.02 Å². The molecule has 0 radical (unpaired) electrons. The Kier molecular flexibility index (Phi) is 7.16. The Morgan fingerprint density at radius 2 is 1.89 bits per heavy atom. The average Bonchev–Trinajstić information content (AvgIpc) is 3.12. The Bertz CT molecular complexity index is 855. The number of anilines is 1. The summed E-state index contributed by atoms with van der Waals surface area (Å²) in [7, 11) is 3.82. The van der Waals surface area contributed by atoms with Gasteiger partial charge in [0, 0.05) is 31.0 Å². The van der Waals surface area contributed by atoms with Crippen LogP contribution in [0.4, 0.5) is 5.13 Å². The van der Waals surface area contributed by atoms with Gasteiger partial charge in [-0.05, 0) is 32.3 Å². The minimum atomic E-state index is -0.319. The molecule has 2 heterocycles. The van der Waals surface area contributed by atoms with Crippen LogP contribution in [0.3, 0.4) is 0 Å². The van der Waals surface area contributed by atoms with Crippen LogP contribution in [-0.4, -0.2) is 66.2 Å². The number of amides is 3. The molecule has 0 aliphatic carbocycles. The van der Waals surface area contributed by atoms with Gasteiger partial charge in [0.05, 0.1) is 10.2 Å². The fraction of sp³-hybridized carbons (Fsp3) is 0.412. The van der Waals surface area contributed by atoms with Gasteiger partial charge in [-0.3, -0.25) is 24.2 Å². The zero-order chi connectivity index (χ0) is 18.8. The van der Waals surface area contributed by atoms with Crippen molar-refractivity contribution < 1.29 is 14.4 Å². The molecule has 7 nitrogen and oxygen atoms in total. The zero-order valence-electron chi connectivity index (χ0n) is 15.0. The maximum atomic E-state index is 12.8. The second-order valence-electron chi connectivity index (χ2n) is 6.33. The number of likely N-dealkylation sites (N-methyl/N-ethyl adjacent to an activating group) is 1. The highest BCUT2D eigenvalue weighted by molar-refractivity contribution is 7.22. The summed E-state index contributed by atoms with van der Waals surface area (Å²) in [5.41, 5.74) is 0.755. The van der Waals surface area contributed by atoms with E-state index in [1.54, 1.807) is 18.2 Å². The first kappa shape index (κ1) is 21.6. The number of hydrogen-bond acceptors (Lipinski definition) is 6. The quantitative estimate of drug-likeness (QED) is 0.657. The van der Waals surface area contributed by atoms with E-state index >= 15 is 0 Å². The predicted octanol–water partition coefficient (Wildman–Crippen LogP) is 2.42. The molecule has 1 aromatic carbocycles. The highest BCUT2D eigenvalue weighted by Gasteiger charge is 2.32. The minimum Gasteiger partial charge on any atom is -0.308 e. The Morgan fingerprint density at radius 1 is 1.22 bits per heavy atom. The predicted molar refractivity (Wildman–Crippen MR) is 109 cm³/mol. The van der Waals surface area contributed by atoms with Crippen LogP contribution in [-0.2, 0) is 14.4 Å². The second-order valence-corrected chi connectivity index (χ2v) is 7.78. The number of thiazole rings is 1. The molecule has 10 heteroatoms. The summed E-state index contributed by atoms with van der Waals surface area (Å²) in [4.78, 5) is 45.5. The van der Waals surface area contributed by atoms with Gasteiger partial charge >= 0.3 is 0 Å². The molecule has 1 aliphatic heterocycles. The monoisotopic (exact) mass is 430 g/mol. The molecule has 3 amide bonds. The van der Waals surface area contributed by atoms with Crippen LogP contribution < -0.4 is 4.90 Å². The molecule has 0 N–H and O–H groups in total. The third kappa shape index (κ3) is 4.95.